The number of fused-ring (bicyclic) bond motifs is 3. The monoisotopic (exact) mass is 1510 g/mol. The van der Waals surface area contributed by atoms with Crippen molar-refractivity contribution in [2.75, 3.05) is 84.1 Å². The molecular weight excluding hydrogens is 1440 g/mol. The Morgan fingerprint density at radius 1 is 0.411 bits per heavy atom. The number of aromatic nitrogens is 14. The number of methoxy groups -OCH3 is 7. The number of nitrogens with zero attached hydrogens (tertiary/aromatic N) is 17. The summed E-state index contributed by atoms with van der Waals surface area (Å²) >= 11 is 0. The number of anilines is 6. The average molecular weight is 1510 g/mol. The molecule has 0 unspecified atom stereocenters. The molecule has 0 bridgehead atoms. The highest BCUT2D eigenvalue weighted by Gasteiger charge is 2.40. The highest BCUT2D eigenvalue weighted by Crippen LogP contribution is 2.39. The van der Waals surface area contributed by atoms with E-state index in [4.69, 9.17) is 43.1 Å². The molecule has 0 aliphatic heterocycles. The molecule has 0 radical (unpaired) electrons. The van der Waals surface area contributed by atoms with E-state index in [1.807, 2.05) is 124 Å². The van der Waals surface area contributed by atoms with Crippen molar-refractivity contribution in [3.8, 4) is 97.7 Å². The molecule has 0 spiro atoms. The fourth-order valence-electron chi connectivity index (χ4n) is 11.6. The second kappa shape index (κ2) is 35.4. The Bertz CT molecular complexity index is 5460. The van der Waals surface area contributed by atoms with Crippen LogP contribution in [0.4, 0.5) is 47.3 Å². The molecule has 14 rings (SSSR count). The summed E-state index contributed by atoms with van der Waals surface area (Å²) in [6.07, 6.45) is 12.0. The van der Waals surface area contributed by atoms with Crippen LogP contribution in [0.25, 0.3) is 66.9 Å². The Hall–Kier alpha value is -13.9. The molecule has 6 aromatic carbocycles. The van der Waals surface area contributed by atoms with Gasteiger partial charge in [0.1, 0.15) is 51.6 Å². The molecule has 0 aliphatic rings. The van der Waals surface area contributed by atoms with Gasteiger partial charge < -0.3 is 58.1 Å². The third-order valence-electron chi connectivity index (χ3n) is 17.5. The Balaban J connectivity index is 0.000000156. The summed E-state index contributed by atoms with van der Waals surface area (Å²) in [6.45, 7) is 3.92. The van der Waals surface area contributed by atoms with Gasteiger partial charge in [0.2, 0.25) is 0 Å². The number of hydrogen-bond acceptors (Lipinski definition) is 23. The largest absolute Gasteiger partial charge is 0.497 e. The molecule has 14 aromatic rings. The molecule has 8 aromatic heterocycles. The molecule has 570 valence electrons. The molecule has 0 saturated heterocycles. The molecule has 29 heteroatoms. The van der Waals surface area contributed by atoms with Crippen molar-refractivity contribution >= 4 is 67.2 Å². The van der Waals surface area contributed by atoms with Gasteiger partial charge in [-0.1, -0.05) is 11.8 Å². The first-order valence-electron chi connectivity index (χ1n) is 34.8. The van der Waals surface area contributed by atoms with Crippen LogP contribution < -0.4 is 47.9 Å². The van der Waals surface area contributed by atoms with E-state index in [2.05, 4.69) is 73.8 Å². The second-order valence-electron chi connectivity index (χ2n) is 25.3. The van der Waals surface area contributed by atoms with Crippen LogP contribution in [0, 0.1) is 23.7 Å². The Morgan fingerprint density at radius 3 is 1.15 bits per heavy atom. The maximum absolute atomic E-state index is 13.3. The number of benzene rings is 6. The Kier molecular flexibility index (Phi) is 24.6. The smallest absolute Gasteiger partial charge is 0.416 e. The summed E-state index contributed by atoms with van der Waals surface area (Å²) in [7, 11) is 14.7. The lowest BCUT2D eigenvalue weighted by Gasteiger charge is -2.29. The highest BCUT2D eigenvalue weighted by atomic mass is 19.4. The lowest BCUT2D eigenvalue weighted by atomic mass is 10.1. The van der Waals surface area contributed by atoms with Crippen LogP contribution in [0.1, 0.15) is 36.8 Å². The Labute approximate surface area is 643 Å². The van der Waals surface area contributed by atoms with E-state index in [0.717, 1.165) is 78.5 Å². The molecule has 0 amide bonds. The van der Waals surface area contributed by atoms with Gasteiger partial charge in [-0.25, -0.2) is 24.9 Å². The first-order valence-corrected chi connectivity index (χ1v) is 34.8. The zero-order chi connectivity index (χ0) is 79.0. The van der Waals surface area contributed by atoms with Gasteiger partial charge in [-0.3, -0.25) is 29.0 Å². The molecule has 0 aliphatic carbocycles. The van der Waals surface area contributed by atoms with Crippen molar-refractivity contribution < 1.29 is 56.5 Å². The SMILES string of the molecule is COc1cc(OC)cc(N(CC#Cc2cc(CO)ccn2)c2ccc3ncc(-c4cnn(C)c4)nc3c2)c1.COc1cc(OC)cc(N(CC#Cc2cc(OC)ccn2)c2ccc3ncc(-c4cnn(C)c4)nc3c2)c1.COc1cc(OC)cc(N(C[C@H](O)C(F)(F)F)c2ccc3ncc(-c4cnn(C(C)C)c4)nc3c2)c1. The first kappa shape index (κ1) is 77.7. The number of aliphatic hydroxyl groups is 2. The van der Waals surface area contributed by atoms with Crippen LogP contribution in [0.2, 0.25) is 0 Å². The zero-order valence-electron chi connectivity index (χ0n) is 63.0. The molecule has 8 heterocycles. The van der Waals surface area contributed by atoms with Crippen molar-refractivity contribution in [2.45, 2.75) is 38.8 Å². The van der Waals surface area contributed by atoms with Crippen LogP contribution >= 0.6 is 0 Å². The topological polar surface area (TPSA) is 271 Å². The number of aliphatic hydroxyl groups excluding tert-OH is 2. The van der Waals surface area contributed by atoms with E-state index >= 15 is 0 Å². The number of alkyl halides is 3. The van der Waals surface area contributed by atoms with Crippen molar-refractivity contribution in [3.63, 3.8) is 0 Å². The standard InChI is InChI=1S/2C29H26N6O3.C25H26F3N5O3/c1-34-19-20(17-32-34)29-18-31-27-8-7-22(15-28(27)33-29)35(23-13-25(37-3)16-26(14-23)38-4)11-5-6-21-12-24(36-2)9-10-30-21;1-34-18-21(16-32-34)29-17-31-27-7-6-23(14-28(27)33-29)35(24-12-25(37-2)15-26(13-24)38-3)10-4-5-22-11-20(19-36)8-9-30-22;1-15(2)33-13-16(11-30-33)23-12-29-21-6-5-17(9-22(21)31-23)32(14-24(34)25(26,27)28)18-7-19(35-3)10-20(8-18)36-4/h7-10,12-19H,11H2,1-4H3;6-9,11-18,36H,10,19H2,1-3H3;5-13,15,24,34H,14H2,1-4H3/t;;24-/m..0/s1. The third kappa shape index (κ3) is 19.1. The number of aryl methyl sites for hydroxylation is 2. The van der Waals surface area contributed by atoms with Crippen LogP contribution in [0.5, 0.6) is 40.2 Å². The first-order chi connectivity index (χ1) is 54.2. The summed E-state index contributed by atoms with van der Waals surface area (Å²) in [6, 6.07) is 40.2. The lowest BCUT2D eigenvalue weighted by Crippen LogP contribution is -2.39. The number of halogens is 3. The number of rotatable bonds is 22. The fraction of sp³-hybridized carbons (Fsp3) is 0.217. The molecule has 0 fully saturated rings. The minimum atomic E-state index is -4.80. The summed E-state index contributed by atoms with van der Waals surface area (Å²) in [5.41, 5.74) is 14.9. The number of hydrogen-bond donors (Lipinski definition) is 2. The average Bonchev–Trinajstić information content (AvgIpc) is 1.10. The van der Waals surface area contributed by atoms with Gasteiger partial charge in [0.05, 0.1) is 163 Å². The van der Waals surface area contributed by atoms with Crippen LogP contribution in [0.3, 0.4) is 0 Å². The molecule has 1 atom stereocenters. The van der Waals surface area contributed by atoms with E-state index in [0.29, 0.717) is 92.8 Å². The molecular formula is C83H78F3N17O9. The van der Waals surface area contributed by atoms with E-state index in [-0.39, 0.29) is 12.6 Å². The van der Waals surface area contributed by atoms with E-state index in [1.54, 1.807) is 160 Å². The number of ether oxygens (including phenoxy) is 7. The van der Waals surface area contributed by atoms with Crippen molar-refractivity contribution in [2.24, 2.45) is 14.1 Å². The summed E-state index contributed by atoms with van der Waals surface area (Å²) in [4.78, 5) is 42.1. The predicted molar refractivity (Wildman–Crippen MR) is 421 cm³/mol. The highest BCUT2D eigenvalue weighted by molar-refractivity contribution is 5.86. The summed E-state index contributed by atoms with van der Waals surface area (Å²) in [5, 5.41) is 32.2. The van der Waals surface area contributed by atoms with E-state index in [1.165, 1.54) is 19.1 Å². The molecule has 26 nitrogen and oxygen atoms in total. The van der Waals surface area contributed by atoms with Crippen molar-refractivity contribution in [1.29, 1.82) is 0 Å². The Morgan fingerprint density at radius 2 is 0.786 bits per heavy atom. The normalized spacial score (nSPS) is 11.3. The van der Waals surface area contributed by atoms with Crippen molar-refractivity contribution in [3.05, 3.63) is 219 Å². The molecule has 112 heavy (non-hydrogen) atoms. The van der Waals surface area contributed by atoms with Gasteiger partial charge in [0, 0.05) is 163 Å². The maximum atomic E-state index is 13.3. The summed E-state index contributed by atoms with van der Waals surface area (Å²) < 4.78 is 83.2. The van der Waals surface area contributed by atoms with E-state index in [9.17, 15) is 23.4 Å². The maximum Gasteiger partial charge on any atom is 0.416 e. The van der Waals surface area contributed by atoms with Crippen molar-refractivity contribution in [1.82, 2.24) is 69.2 Å². The van der Waals surface area contributed by atoms with Gasteiger partial charge in [0.25, 0.3) is 0 Å². The van der Waals surface area contributed by atoms with Gasteiger partial charge in [-0.2, -0.15) is 28.5 Å². The predicted octanol–water partition coefficient (Wildman–Crippen LogP) is 13.9. The third-order valence-corrected chi connectivity index (χ3v) is 17.5. The molecule has 2 N–H and O–H groups in total. The van der Waals surface area contributed by atoms with Gasteiger partial charge >= 0.3 is 6.18 Å². The van der Waals surface area contributed by atoms with Gasteiger partial charge in [-0.05, 0) is 104 Å². The van der Waals surface area contributed by atoms with Crippen LogP contribution in [-0.4, -0.2) is 161 Å². The quantitative estimate of drug-likeness (QED) is 0.0597. The summed E-state index contributed by atoms with van der Waals surface area (Å²) in [5.74, 6) is 16.8. The van der Waals surface area contributed by atoms with Gasteiger partial charge in [-0.15, -0.1) is 0 Å². The van der Waals surface area contributed by atoms with Gasteiger partial charge in [0.15, 0.2) is 6.10 Å². The zero-order valence-corrected chi connectivity index (χ0v) is 63.0. The minimum Gasteiger partial charge on any atom is -0.497 e. The lowest BCUT2D eigenvalue weighted by molar-refractivity contribution is -0.199. The van der Waals surface area contributed by atoms with E-state index < -0.39 is 18.8 Å². The fourth-order valence-corrected chi connectivity index (χ4v) is 11.6. The molecule has 0 saturated carbocycles. The second-order valence-corrected chi connectivity index (χ2v) is 25.3. The number of pyridine rings is 2. The van der Waals surface area contributed by atoms with Crippen LogP contribution in [-0.2, 0) is 20.7 Å². The minimum absolute atomic E-state index is 0.0634. The van der Waals surface area contributed by atoms with Crippen LogP contribution in [0.15, 0.2) is 202 Å².